The predicted molar refractivity (Wildman–Crippen MR) is 106 cm³/mol. The zero-order valence-electron chi connectivity index (χ0n) is 16.5. The van der Waals surface area contributed by atoms with Crippen molar-refractivity contribution in [3.63, 3.8) is 0 Å². The number of alkyl carbamates (subject to hydrolysis) is 1. The fraction of sp³-hybridized carbons (Fsp3) is 0.364. The quantitative estimate of drug-likeness (QED) is 0.716. The fourth-order valence-electron chi connectivity index (χ4n) is 2.69. The van der Waals surface area contributed by atoms with Crippen LogP contribution in [-0.4, -0.2) is 35.4 Å². The minimum absolute atomic E-state index is 0.143. The highest BCUT2D eigenvalue weighted by atomic mass is 16.6. The Bertz CT molecular complexity index is 783. The van der Waals surface area contributed by atoms with Crippen LogP contribution in [0.3, 0.4) is 0 Å². The second kappa shape index (κ2) is 9.90. The van der Waals surface area contributed by atoms with Gasteiger partial charge in [-0.1, -0.05) is 48.5 Å². The molecule has 2 rings (SSSR count). The van der Waals surface area contributed by atoms with Gasteiger partial charge in [0.05, 0.1) is 24.8 Å². The minimum atomic E-state index is -0.994. The van der Waals surface area contributed by atoms with Crippen LogP contribution in [0.4, 0.5) is 4.79 Å². The Morgan fingerprint density at radius 2 is 1.68 bits per heavy atom. The van der Waals surface area contributed by atoms with Crippen LogP contribution in [0.1, 0.15) is 42.3 Å². The molecule has 0 heterocycles. The molecule has 0 fully saturated rings. The molecule has 2 N–H and O–H groups in total. The van der Waals surface area contributed by atoms with Crippen LogP contribution in [0.25, 0.3) is 0 Å². The van der Waals surface area contributed by atoms with E-state index in [1.54, 1.807) is 45.0 Å². The number of hydrogen-bond donors (Lipinski definition) is 2. The number of carbonyl (C=O) groups excluding carboxylic acids is 1. The molecule has 0 aliphatic heterocycles. The van der Waals surface area contributed by atoms with Crippen LogP contribution in [0.2, 0.25) is 0 Å². The lowest BCUT2D eigenvalue weighted by molar-refractivity contribution is 0.0428. The summed E-state index contributed by atoms with van der Waals surface area (Å²) < 4.78 is 11.1. The number of carboxylic acids is 1. The van der Waals surface area contributed by atoms with Gasteiger partial charge in [-0.2, -0.15) is 0 Å². The zero-order chi connectivity index (χ0) is 20.6. The first-order valence-corrected chi connectivity index (χ1v) is 9.17. The van der Waals surface area contributed by atoms with E-state index in [4.69, 9.17) is 9.47 Å². The molecule has 0 bridgehead atoms. The molecule has 0 aromatic heterocycles. The Kier molecular flexibility index (Phi) is 7.58. The first-order valence-electron chi connectivity index (χ1n) is 9.17. The molecule has 1 unspecified atom stereocenters. The van der Waals surface area contributed by atoms with Gasteiger partial charge in [0.2, 0.25) is 0 Å². The summed E-state index contributed by atoms with van der Waals surface area (Å²) in [5.41, 5.74) is 1.26. The highest BCUT2D eigenvalue weighted by Crippen LogP contribution is 2.12. The zero-order valence-corrected chi connectivity index (χ0v) is 16.5. The topological polar surface area (TPSA) is 84.9 Å². The Balaban J connectivity index is 2.01. The Morgan fingerprint density at radius 3 is 2.32 bits per heavy atom. The minimum Gasteiger partial charge on any atom is -0.478 e. The lowest BCUT2D eigenvalue weighted by Gasteiger charge is -2.24. The van der Waals surface area contributed by atoms with Gasteiger partial charge in [0.15, 0.2) is 0 Å². The van der Waals surface area contributed by atoms with Crippen molar-refractivity contribution in [1.29, 1.82) is 0 Å². The largest absolute Gasteiger partial charge is 0.478 e. The van der Waals surface area contributed by atoms with Crippen molar-refractivity contribution in [3.05, 3.63) is 71.3 Å². The van der Waals surface area contributed by atoms with Crippen molar-refractivity contribution in [2.75, 3.05) is 6.61 Å². The summed E-state index contributed by atoms with van der Waals surface area (Å²) in [5.74, 6) is -0.994. The molecule has 150 valence electrons. The molecule has 0 aliphatic carbocycles. The van der Waals surface area contributed by atoms with Gasteiger partial charge in [0, 0.05) is 0 Å². The van der Waals surface area contributed by atoms with Gasteiger partial charge in [-0.25, -0.2) is 9.59 Å². The van der Waals surface area contributed by atoms with Gasteiger partial charge in [-0.05, 0) is 44.4 Å². The number of carbonyl (C=O) groups is 2. The predicted octanol–water partition coefficient (Wildman–Crippen LogP) is 4.04. The molecule has 28 heavy (non-hydrogen) atoms. The smallest absolute Gasteiger partial charge is 0.407 e. The van der Waals surface area contributed by atoms with Gasteiger partial charge in [0.25, 0.3) is 0 Å². The first kappa shape index (κ1) is 21.4. The SMILES string of the molecule is CC(C)(C)OC(=O)NC(COCc1ccccc1C(=O)O)Cc1ccccc1. The molecular weight excluding hydrogens is 358 g/mol. The van der Waals surface area contributed by atoms with E-state index in [0.29, 0.717) is 12.0 Å². The standard InChI is InChI=1S/C22H27NO5/c1-22(2,3)28-21(26)23-18(13-16-9-5-4-6-10-16)15-27-14-17-11-7-8-12-19(17)20(24)25/h4-12,18H,13-15H2,1-3H3,(H,23,26)(H,24,25). The van der Waals surface area contributed by atoms with Crippen molar-refractivity contribution >= 4 is 12.1 Å². The van der Waals surface area contributed by atoms with E-state index in [0.717, 1.165) is 5.56 Å². The van der Waals surface area contributed by atoms with Crippen molar-refractivity contribution < 1.29 is 24.2 Å². The van der Waals surface area contributed by atoms with Crippen LogP contribution in [0, 0.1) is 0 Å². The maximum atomic E-state index is 12.2. The normalized spacial score (nSPS) is 12.2. The molecule has 2 aromatic carbocycles. The molecule has 0 saturated carbocycles. The molecule has 1 atom stereocenters. The number of hydrogen-bond acceptors (Lipinski definition) is 4. The number of aromatic carboxylic acids is 1. The van der Waals surface area contributed by atoms with Crippen LogP contribution in [-0.2, 0) is 22.5 Å². The highest BCUT2D eigenvalue weighted by molar-refractivity contribution is 5.89. The summed E-state index contributed by atoms with van der Waals surface area (Å²) in [6, 6.07) is 16.1. The molecule has 6 nitrogen and oxygen atoms in total. The second-order valence-corrected chi connectivity index (χ2v) is 7.51. The third kappa shape index (κ3) is 7.40. The molecule has 6 heteroatoms. The molecule has 0 spiro atoms. The van der Waals surface area contributed by atoms with E-state index in [-0.39, 0.29) is 24.8 Å². The van der Waals surface area contributed by atoms with Gasteiger partial charge in [-0.3, -0.25) is 0 Å². The van der Waals surface area contributed by atoms with Crippen LogP contribution in [0.15, 0.2) is 54.6 Å². The number of nitrogens with one attached hydrogen (secondary N) is 1. The molecule has 0 aliphatic rings. The molecule has 0 radical (unpaired) electrons. The average molecular weight is 385 g/mol. The van der Waals surface area contributed by atoms with Gasteiger partial charge in [-0.15, -0.1) is 0 Å². The summed E-state index contributed by atoms with van der Waals surface area (Å²) >= 11 is 0. The molecule has 0 saturated heterocycles. The summed E-state index contributed by atoms with van der Waals surface area (Å²) in [7, 11) is 0. The second-order valence-electron chi connectivity index (χ2n) is 7.51. The average Bonchev–Trinajstić information content (AvgIpc) is 2.61. The van der Waals surface area contributed by atoms with Crippen LogP contribution < -0.4 is 5.32 Å². The number of carboxylic acid groups (broad SMARTS) is 1. The van der Waals surface area contributed by atoms with E-state index in [9.17, 15) is 14.7 Å². The first-order chi connectivity index (χ1) is 13.2. The third-order valence-corrected chi connectivity index (χ3v) is 3.87. The van der Waals surface area contributed by atoms with Gasteiger partial charge < -0.3 is 19.9 Å². The van der Waals surface area contributed by atoms with E-state index < -0.39 is 17.7 Å². The van der Waals surface area contributed by atoms with E-state index in [1.807, 2.05) is 30.3 Å². The van der Waals surface area contributed by atoms with Crippen molar-refractivity contribution in [1.82, 2.24) is 5.32 Å². The van der Waals surface area contributed by atoms with Crippen molar-refractivity contribution in [2.45, 2.75) is 45.4 Å². The van der Waals surface area contributed by atoms with Gasteiger partial charge in [0.1, 0.15) is 5.60 Å². The number of rotatable bonds is 8. The molecular formula is C22H27NO5. The van der Waals surface area contributed by atoms with Crippen molar-refractivity contribution in [2.24, 2.45) is 0 Å². The van der Waals surface area contributed by atoms with Gasteiger partial charge >= 0.3 is 12.1 Å². The summed E-state index contributed by atoms with van der Waals surface area (Å²) in [6.07, 6.45) is 0.0590. The van der Waals surface area contributed by atoms with E-state index in [1.165, 1.54) is 0 Å². The maximum Gasteiger partial charge on any atom is 0.407 e. The Labute approximate surface area is 165 Å². The number of ether oxygens (including phenoxy) is 2. The summed E-state index contributed by atoms with van der Waals surface area (Å²) in [6.45, 7) is 5.78. The number of amides is 1. The molecule has 1 amide bonds. The summed E-state index contributed by atoms with van der Waals surface area (Å²) in [5, 5.41) is 12.1. The maximum absolute atomic E-state index is 12.2. The van der Waals surface area contributed by atoms with Crippen molar-refractivity contribution in [3.8, 4) is 0 Å². The highest BCUT2D eigenvalue weighted by Gasteiger charge is 2.20. The number of benzene rings is 2. The molecule has 2 aromatic rings. The van der Waals surface area contributed by atoms with Crippen LogP contribution in [0.5, 0.6) is 0 Å². The lowest BCUT2D eigenvalue weighted by atomic mass is 10.1. The Hall–Kier alpha value is -2.86. The summed E-state index contributed by atoms with van der Waals surface area (Å²) in [4.78, 5) is 23.5. The fourth-order valence-corrected chi connectivity index (χ4v) is 2.69. The monoisotopic (exact) mass is 385 g/mol. The van der Waals surface area contributed by atoms with Crippen LogP contribution >= 0.6 is 0 Å². The van der Waals surface area contributed by atoms with E-state index in [2.05, 4.69) is 5.32 Å². The van der Waals surface area contributed by atoms with E-state index >= 15 is 0 Å². The Morgan fingerprint density at radius 1 is 1.04 bits per heavy atom. The lowest BCUT2D eigenvalue weighted by Crippen LogP contribution is -2.42. The third-order valence-electron chi connectivity index (χ3n) is 3.87.